The van der Waals surface area contributed by atoms with Gasteiger partial charge in [0.1, 0.15) is 0 Å². The van der Waals surface area contributed by atoms with Crippen LogP contribution in [-0.2, 0) is 0 Å². The van der Waals surface area contributed by atoms with Gasteiger partial charge in [0.2, 0.25) is 0 Å². The number of nitrogens with zero attached hydrogens (tertiary/aromatic N) is 1. The highest BCUT2D eigenvalue weighted by Crippen LogP contribution is 2.14. The lowest BCUT2D eigenvalue weighted by Gasteiger charge is -2.09. The van der Waals surface area contributed by atoms with Gasteiger partial charge >= 0.3 is 0 Å². The zero-order chi connectivity index (χ0) is 9.40. The number of allylic oxidation sites excluding steroid dienone is 2. The maximum Gasteiger partial charge on any atom is 0.0299 e. The average Bonchev–Trinajstić information content (AvgIpc) is 2.06. The van der Waals surface area contributed by atoms with Crippen molar-refractivity contribution < 1.29 is 0 Å². The highest BCUT2D eigenvalue weighted by atomic mass is 14.7. The second-order valence-corrected chi connectivity index (χ2v) is 2.94. The molecule has 0 aromatic carbocycles. The van der Waals surface area contributed by atoms with Crippen LogP contribution in [0.15, 0.2) is 29.4 Å². The SMILES string of the molecule is C=C/N=C\C(=C/C)C(C)CCC. The van der Waals surface area contributed by atoms with Gasteiger partial charge in [-0.2, -0.15) is 0 Å². The van der Waals surface area contributed by atoms with E-state index in [2.05, 4.69) is 38.4 Å². The molecule has 12 heavy (non-hydrogen) atoms. The van der Waals surface area contributed by atoms with Gasteiger partial charge in [-0.3, -0.25) is 4.99 Å². The second-order valence-electron chi connectivity index (χ2n) is 2.94. The van der Waals surface area contributed by atoms with Crippen LogP contribution < -0.4 is 0 Å². The molecule has 1 unspecified atom stereocenters. The first kappa shape index (κ1) is 11.2. The van der Waals surface area contributed by atoms with Crippen molar-refractivity contribution in [2.75, 3.05) is 0 Å². The van der Waals surface area contributed by atoms with E-state index in [9.17, 15) is 0 Å². The van der Waals surface area contributed by atoms with Gasteiger partial charge in [0.15, 0.2) is 0 Å². The molecule has 0 N–H and O–H groups in total. The van der Waals surface area contributed by atoms with Gasteiger partial charge in [-0.05, 0) is 24.8 Å². The lowest BCUT2D eigenvalue weighted by Crippen LogP contribution is -1.99. The Balaban J connectivity index is 4.15. The van der Waals surface area contributed by atoms with Gasteiger partial charge in [0.05, 0.1) is 0 Å². The topological polar surface area (TPSA) is 12.4 Å². The number of hydrogen-bond donors (Lipinski definition) is 0. The Morgan fingerprint density at radius 3 is 2.67 bits per heavy atom. The minimum Gasteiger partial charge on any atom is -0.265 e. The molecule has 0 aromatic rings. The third-order valence-electron chi connectivity index (χ3n) is 1.95. The molecule has 0 saturated carbocycles. The fourth-order valence-corrected chi connectivity index (χ4v) is 1.22. The highest BCUT2D eigenvalue weighted by Gasteiger charge is 2.03. The van der Waals surface area contributed by atoms with Crippen molar-refractivity contribution >= 4 is 6.21 Å². The molecule has 0 saturated heterocycles. The fraction of sp³-hybridized carbons (Fsp3) is 0.545. The summed E-state index contributed by atoms with van der Waals surface area (Å²) >= 11 is 0. The van der Waals surface area contributed by atoms with Crippen molar-refractivity contribution in [2.24, 2.45) is 10.9 Å². The minimum atomic E-state index is 0.615. The van der Waals surface area contributed by atoms with Crippen LogP contribution in [0.3, 0.4) is 0 Å². The molecule has 0 bridgehead atoms. The molecule has 1 heteroatoms. The van der Waals surface area contributed by atoms with Crippen molar-refractivity contribution in [3.63, 3.8) is 0 Å². The van der Waals surface area contributed by atoms with Crippen LogP contribution in [0.5, 0.6) is 0 Å². The number of hydrogen-bond acceptors (Lipinski definition) is 1. The van der Waals surface area contributed by atoms with Gasteiger partial charge in [-0.15, -0.1) is 0 Å². The maximum absolute atomic E-state index is 4.02. The van der Waals surface area contributed by atoms with Crippen molar-refractivity contribution in [3.05, 3.63) is 24.4 Å². The quantitative estimate of drug-likeness (QED) is 0.552. The van der Waals surface area contributed by atoms with E-state index in [1.54, 1.807) is 6.20 Å². The third kappa shape index (κ3) is 4.12. The summed E-state index contributed by atoms with van der Waals surface area (Å²) in [6, 6.07) is 0. The summed E-state index contributed by atoms with van der Waals surface area (Å²) in [6.45, 7) is 10.0. The summed E-state index contributed by atoms with van der Waals surface area (Å²) in [5.74, 6) is 0.615. The Morgan fingerprint density at radius 2 is 2.25 bits per heavy atom. The molecular formula is C11H19N. The van der Waals surface area contributed by atoms with Crippen LogP contribution in [0.2, 0.25) is 0 Å². The van der Waals surface area contributed by atoms with E-state index in [4.69, 9.17) is 0 Å². The Hall–Kier alpha value is -0.850. The predicted molar refractivity (Wildman–Crippen MR) is 56.5 cm³/mol. The predicted octanol–water partition coefficient (Wildman–Crippen LogP) is 3.58. The van der Waals surface area contributed by atoms with Crippen LogP contribution in [0.4, 0.5) is 0 Å². The summed E-state index contributed by atoms with van der Waals surface area (Å²) in [4.78, 5) is 4.02. The molecule has 0 aromatic heterocycles. The Bertz CT molecular complexity index is 177. The summed E-state index contributed by atoms with van der Waals surface area (Å²) in [7, 11) is 0. The zero-order valence-corrected chi connectivity index (χ0v) is 8.38. The van der Waals surface area contributed by atoms with Crippen molar-refractivity contribution in [3.8, 4) is 0 Å². The van der Waals surface area contributed by atoms with E-state index < -0.39 is 0 Å². The van der Waals surface area contributed by atoms with Crippen molar-refractivity contribution in [2.45, 2.75) is 33.6 Å². The lowest BCUT2D eigenvalue weighted by molar-refractivity contribution is 0.620. The molecule has 0 aliphatic rings. The molecule has 0 amide bonds. The normalized spacial score (nSPS) is 15.1. The molecule has 0 rings (SSSR count). The molecule has 0 heterocycles. The van der Waals surface area contributed by atoms with Crippen LogP contribution in [0.25, 0.3) is 0 Å². The van der Waals surface area contributed by atoms with Gasteiger partial charge in [0, 0.05) is 12.4 Å². The molecule has 0 spiro atoms. The average molecular weight is 165 g/mol. The molecule has 0 aliphatic heterocycles. The molecule has 1 atom stereocenters. The largest absolute Gasteiger partial charge is 0.265 e. The summed E-state index contributed by atoms with van der Waals surface area (Å²) in [5, 5.41) is 0. The minimum absolute atomic E-state index is 0.615. The van der Waals surface area contributed by atoms with E-state index in [0.29, 0.717) is 5.92 Å². The van der Waals surface area contributed by atoms with E-state index in [-0.39, 0.29) is 0 Å². The van der Waals surface area contributed by atoms with Crippen molar-refractivity contribution in [1.29, 1.82) is 0 Å². The zero-order valence-electron chi connectivity index (χ0n) is 8.38. The first-order valence-electron chi connectivity index (χ1n) is 4.56. The van der Waals surface area contributed by atoms with Gasteiger partial charge in [-0.25, -0.2) is 0 Å². The fourth-order valence-electron chi connectivity index (χ4n) is 1.22. The number of aliphatic imine (C=N–C) groups is 1. The molecule has 0 fully saturated rings. The summed E-state index contributed by atoms with van der Waals surface area (Å²) < 4.78 is 0. The van der Waals surface area contributed by atoms with Gasteiger partial charge in [0.25, 0.3) is 0 Å². The molecule has 1 nitrogen and oxygen atoms in total. The van der Waals surface area contributed by atoms with Crippen LogP contribution in [0, 0.1) is 5.92 Å². The van der Waals surface area contributed by atoms with Crippen molar-refractivity contribution in [1.82, 2.24) is 0 Å². The van der Waals surface area contributed by atoms with E-state index in [0.717, 1.165) is 0 Å². The Morgan fingerprint density at radius 1 is 1.58 bits per heavy atom. The highest BCUT2D eigenvalue weighted by molar-refractivity contribution is 5.79. The van der Waals surface area contributed by atoms with Crippen LogP contribution >= 0.6 is 0 Å². The summed E-state index contributed by atoms with van der Waals surface area (Å²) in [6.07, 6.45) is 8.03. The smallest absolute Gasteiger partial charge is 0.0299 e. The lowest BCUT2D eigenvalue weighted by atomic mass is 9.97. The molecule has 0 radical (unpaired) electrons. The van der Waals surface area contributed by atoms with Gasteiger partial charge in [-0.1, -0.05) is 32.9 Å². The first-order valence-corrected chi connectivity index (χ1v) is 4.56. The van der Waals surface area contributed by atoms with E-state index in [1.807, 2.05) is 6.21 Å². The van der Waals surface area contributed by atoms with Crippen LogP contribution in [0.1, 0.15) is 33.6 Å². The van der Waals surface area contributed by atoms with Crippen LogP contribution in [-0.4, -0.2) is 6.21 Å². The number of rotatable bonds is 5. The van der Waals surface area contributed by atoms with E-state index in [1.165, 1.54) is 18.4 Å². The van der Waals surface area contributed by atoms with E-state index >= 15 is 0 Å². The monoisotopic (exact) mass is 165 g/mol. The molecule has 68 valence electrons. The molecule has 0 aliphatic carbocycles. The standard InChI is InChI=1S/C11H19N/c1-5-8-10(4)11(6-2)9-12-7-3/h6-7,9-10H,3,5,8H2,1-2,4H3/b11-6+,12-9-. The second kappa shape index (κ2) is 6.84. The summed E-state index contributed by atoms with van der Waals surface area (Å²) in [5.41, 5.74) is 1.30. The first-order chi connectivity index (χ1) is 5.76. The van der Waals surface area contributed by atoms with Gasteiger partial charge < -0.3 is 0 Å². The maximum atomic E-state index is 4.02. The molecular weight excluding hydrogens is 146 g/mol. The Labute approximate surface area is 75.9 Å². The third-order valence-corrected chi connectivity index (χ3v) is 1.95. The Kier molecular flexibility index (Phi) is 6.35.